The molecular formula is C16H23NO3S. The summed E-state index contributed by atoms with van der Waals surface area (Å²) in [5.74, 6) is -0.560. The SMILES string of the molecule is Cc1ccc(C)c(SCC(=O)N(CCC(=O)O)C(C)C)c1. The molecule has 1 amide bonds. The Bertz CT molecular complexity index is 514. The molecule has 1 aromatic carbocycles. The fourth-order valence-corrected chi connectivity index (χ4v) is 2.98. The van der Waals surface area contributed by atoms with Crippen LogP contribution in [-0.2, 0) is 9.59 Å². The van der Waals surface area contributed by atoms with Crippen LogP contribution in [0.4, 0.5) is 0 Å². The Balaban J connectivity index is 2.65. The lowest BCUT2D eigenvalue weighted by molar-refractivity contribution is -0.138. The average Bonchev–Trinajstić information content (AvgIpc) is 2.39. The third-order valence-electron chi connectivity index (χ3n) is 3.21. The number of hydrogen-bond donors (Lipinski definition) is 1. The maximum atomic E-state index is 12.3. The van der Waals surface area contributed by atoms with E-state index in [1.54, 1.807) is 4.90 Å². The number of amides is 1. The Morgan fingerprint density at radius 1 is 1.29 bits per heavy atom. The zero-order chi connectivity index (χ0) is 16.0. The summed E-state index contributed by atoms with van der Waals surface area (Å²) in [6.07, 6.45) is -0.0158. The van der Waals surface area contributed by atoms with E-state index in [4.69, 9.17) is 5.11 Å². The third-order valence-corrected chi connectivity index (χ3v) is 4.35. The van der Waals surface area contributed by atoms with Crippen molar-refractivity contribution >= 4 is 23.6 Å². The molecule has 0 aromatic heterocycles. The van der Waals surface area contributed by atoms with Crippen molar-refractivity contribution in [3.63, 3.8) is 0 Å². The van der Waals surface area contributed by atoms with Gasteiger partial charge < -0.3 is 10.0 Å². The first-order valence-electron chi connectivity index (χ1n) is 7.02. The minimum absolute atomic E-state index is 0.0102. The largest absolute Gasteiger partial charge is 0.481 e. The van der Waals surface area contributed by atoms with E-state index < -0.39 is 5.97 Å². The second-order valence-electron chi connectivity index (χ2n) is 5.38. The molecule has 1 rings (SSSR count). The Kier molecular flexibility index (Phi) is 6.75. The summed E-state index contributed by atoms with van der Waals surface area (Å²) in [4.78, 5) is 25.7. The van der Waals surface area contributed by atoms with Gasteiger partial charge in [0.05, 0.1) is 12.2 Å². The van der Waals surface area contributed by atoms with Gasteiger partial charge in [0.25, 0.3) is 0 Å². The fourth-order valence-electron chi connectivity index (χ4n) is 1.97. The zero-order valence-electron chi connectivity index (χ0n) is 13.0. The number of carboxylic acid groups (broad SMARTS) is 1. The Hall–Kier alpha value is -1.49. The molecule has 0 unspecified atom stereocenters. The van der Waals surface area contributed by atoms with Crippen LogP contribution in [0, 0.1) is 13.8 Å². The molecule has 0 saturated heterocycles. The highest BCUT2D eigenvalue weighted by Gasteiger charge is 2.18. The van der Waals surface area contributed by atoms with Gasteiger partial charge >= 0.3 is 5.97 Å². The molecule has 0 spiro atoms. The molecule has 0 aliphatic heterocycles. The maximum Gasteiger partial charge on any atom is 0.305 e. The van der Waals surface area contributed by atoms with E-state index in [9.17, 15) is 9.59 Å². The van der Waals surface area contributed by atoms with Crippen LogP contribution < -0.4 is 0 Å². The fraction of sp³-hybridized carbons (Fsp3) is 0.500. The van der Waals surface area contributed by atoms with Crippen molar-refractivity contribution in [3.05, 3.63) is 29.3 Å². The van der Waals surface area contributed by atoms with Crippen molar-refractivity contribution in [2.75, 3.05) is 12.3 Å². The van der Waals surface area contributed by atoms with Gasteiger partial charge in [-0.3, -0.25) is 9.59 Å². The van der Waals surface area contributed by atoms with E-state index in [1.807, 2.05) is 33.8 Å². The molecule has 116 valence electrons. The average molecular weight is 309 g/mol. The molecule has 5 heteroatoms. The highest BCUT2D eigenvalue weighted by Crippen LogP contribution is 2.24. The predicted octanol–water partition coefficient (Wildman–Crippen LogP) is 3.11. The molecule has 0 bridgehead atoms. The number of nitrogens with zero attached hydrogens (tertiary/aromatic N) is 1. The van der Waals surface area contributed by atoms with Crippen LogP contribution in [0.3, 0.4) is 0 Å². The van der Waals surface area contributed by atoms with E-state index in [0.717, 1.165) is 10.5 Å². The van der Waals surface area contributed by atoms with Crippen molar-refractivity contribution in [1.82, 2.24) is 4.90 Å². The number of carboxylic acids is 1. The summed E-state index contributed by atoms with van der Waals surface area (Å²) in [6, 6.07) is 6.18. The number of thioether (sulfide) groups is 1. The topological polar surface area (TPSA) is 57.6 Å². The van der Waals surface area contributed by atoms with Gasteiger partial charge in [0.2, 0.25) is 5.91 Å². The van der Waals surface area contributed by atoms with Crippen LogP contribution in [0.5, 0.6) is 0 Å². The molecule has 21 heavy (non-hydrogen) atoms. The van der Waals surface area contributed by atoms with Gasteiger partial charge in [0.15, 0.2) is 0 Å². The standard InChI is InChI=1S/C16H23NO3S/c1-11(2)17(8-7-16(19)20)15(18)10-21-14-9-12(3)5-6-13(14)4/h5-6,9,11H,7-8,10H2,1-4H3,(H,19,20). The van der Waals surface area contributed by atoms with E-state index in [1.165, 1.54) is 17.3 Å². The first-order valence-corrected chi connectivity index (χ1v) is 8.01. The zero-order valence-corrected chi connectivity index (χ0v) is 13.9. The van der Waals surface area contributed by atoms with Crippen LogP contribution in [0.25, 0.3) is 0 Å². The normalized spacial score (nSPS) is 10.7. The lowest BCUT2D eigenvalue weighted by Crippen LogP contribution is -2.39. The molecule has 0 saturated carbocycles. The molecule has 4 nitrogen and oxygen atoms in total. The number of rotatable bonds is 7. The Morgan fingerprint density at radius 3 is 2.52 bits per heavy atom. The summed E-state index contributed by atoms with van der Waals surface area (Å²) < 4.78 is 0. The van der Waals surface area contributed by atoms with Gasteiger partial charge in [-0.25, -0.2) is 0 Å². The van der Waals surface area contributed by atoms with Gasteiger partial charge in [-0.1, -0.05) is 17.7 Å². The predicted molar refractivity (Wildman–Crippen MR) is 85.7 cm³/mol. The molecular weight excluding hydrogens is 286 g/mol. The molecule has 0 aliphatic carbocycles. The quantitative estimate of drug-likeness (QED) is 0.786. The summed E-state index contributed by atoms with van der Waals surface area (Å²) in [5, 5.41) is 8.76. The monoisotopic (exact) mass is 309 g/mol. The third kappa shape index (κ3) is 5.79. The molecule has 0 fully saturated rings. The number of carbonyl (C=O) groups excluding carboxylic acids is 1. The van der Waals surface area contributed by atoms with Crippen molar-refractivity contribution in [2.24, 2.45) is 0 Å². The minimum atomic E-state index is -0.879. The van der Waals surface area contributed by atoms with E-state index >= 15 is 0 Å². The summed E-state index contributed by atoms with van der Waals surface area (Å²) in [5.41, 5.74) is 2.32. The van der Waals surface area contributed by atoms with Crippen molar-refractivity contribution in [3.8, 4) is 0 Å². The molecule has 0 atom stereocenters. The van der Waals surface area contributed by atoms with Gasteiger partial charge in [-0.05, 0) is 39.3 Å². The highest BCUT2D eigenvalue weighted by molar-refractivity contribution is 8.00. The first-order chi connectivity index (χ1) is 9.81. The van der Waals surface area contributed by atoms with Crippen LogP contribution in [0.1, 0.15) is 31.4 Å². The summed E-state index contributed by atoms with van der Waals surface area (Å²) >= 11 is 1.51. The number of aryl methyl sites for hydroxylation is 2. The van der Waals surface area contributed by atoms with Crippen LogP contribution >= 0.6 is 11.8 Å². The molecule has 0 aliphatic rings. The molecule has 1 N–H and O–H groups in total. The Labute approximate surface area is 130 Å². The van der Waals surface area contributed by atoms with Gasteiger partial charge in [0.1, 0.15) is 0 Å². The Morgan fingerprint density at radius 2 is 1.95 bits per heavy atom. The summed E-state index contributed by atoms with van der Waals surface area (Å²) in [6.45, 7) is 8.12. The van der Waals surface area contributed by atoms with Crippen molar-refractivity contribution in [1.29, 1.82) is 0 Å². The van der Waals surface area contributed by atoms with Gasteiger partial charge in [-0.15, -0.1) is 11.8 Å². The highest BCUT2D eigenvalue weighted by atomic mass is 32.2. The van der Waals surface area contributed by atoms with E-state index in [-0.39, 0.29) is 24.9 Å². The van der Waals surface area contributed by atoms with Crippen LogP contribution in [0.2, 0.25) is 0 Å². The first kappa shape index (κ1) is 17.6. The number of benzene rings is 1. The van der Waals surface area contributed by atoms with Crippen molar-refractivity contribution < 1.29 is 14.7 Å². The van der Waals surface area contributed by atoms with Gasteiger partial charge in [-0.2, -0.15) is 0 Å². The van der Waals surface area contributed by atoms with Gasteiger partial charge in [0, 0.05) is 17.5 Å². The van der Waals surface area contributed by atoms with E-state index in [0.29, 0.717) is 5.75 Å². The molecule has 0 heterocycles. The summed E-state index contributed by atoms with van der Waals surface area (Å²) in [7, 11) is 0. The van der Waals surface area contributed by atoms with Crippen molar-refractivity contribution in [2.45, 2.75) is 45.1 Å². The second kappa shape index (κ2) is 8.08. The lowest BCUT2D eigenvalue weighted by Gasteiger charge is -2.26. The lowest BCUT2D eigenvalue weighted by atomic mass is 10.2. The molecule has 1 aromatic rings. The number of hydrogen-bond acceptors (Lipinski definition) is 3. The second-order valence-corrected chi connectivity index (χ2v) is 6.40. The van der Waals surface area contributed by atoms with E-state index in [2.05, 4.69) is 12.1 Å². The molecule has 0 radical (unpaired) electrons. The maximum absolute atomic E-state index is 12.3. The minimum Gasteiger partial charge on any atom is -0.481 e. The smallest absolute Gasteiger partial charge is 0.305 e. The number of carbonyl (C=O) groups is 2. The van der Waals surface area contributed by atoms with Crippen LogP contribution in [-0.4, -0.2) is 40.2 Å². The van der Waals surface area contributed by atoms with Crippen LogP contribution in [0.15, 0.2) is 23.1 Å². The number of aliphatic carboxylic acids is 1.